The van der Waals surface area contributed by atoms with Crippen molar-refractivity contribution < 1.29 is 18.7 Å². The number of furan rings is 1. The smallest absolute Gasteiger partial charge is 0.290 e. The molecule has 144 valence electrons. The second-order valence-corrected chi connectivity index (χ2v) is 6.26. The summed E-state index contributed by atoms with van der Waals surface area (Å²) in [6, 6.07) is 10.00. The molecule has 9 heteroatoms. The van der Waals surface area contributed by atoms with Crippen LogP contribution in [0.2, 0.25) is 0 Å². The number of hydrogen-bond acceptors (Lipinski definition) is 7. The molecule has 1 aliphatic rings. The molecule has 1 amide bonds. The molecule has 3 aromatic rings. The highest BCUT2D eigenvalue weighted by Gasteiger charge is 2.15. The van der Waals surface area contributed by atoms with Gasteiger partial charge in [0, 0.05) is 11.8 Å². The zero-order valence-electron chi connectivity index (χ0n) is 15.1. The molecule has 28 heavy (non-hydrogen) atoms. The van der Waals surface area contributed by atoms with Crippen LogP contribution in [0.3, 0.4) is 0 Å². The molecule has 0 fully saturated rings. The summed E-state index contributed by atoms with van der Waals surface area (Å²) in [4.78, 5) is 24.7. The van der Waals surface area contributed by atoms with Crippen molar-refractivity contribution in [2.24, 2.45) is 0 Å². The van der Waals surface area contributed by atoms with Gasteiger partial charge >= 0.3 is 0 Å². The van der Waals surface area contributed by atoms with E-state index >= 15 is 0 Å². The number of nitrogens with two attached hydrogens (primary N) is 1. The highest BCUT2D eigenvalue weighted by molar-refractivity contribution is 5.91. The molecule has 1 aromatic carbocycles. The van der Waals surface area contributed by atoms with Crippen LogP contribution < -0.4 is 26.1 Å². The van der Waals surface area contributed by atoms with Crippen LogP contribution in [0.4, 0.5) is 11.4 Å². The molecule has 0 radical (unpaired) electrons. The van der Waals surface area contributed by atoms with E-state index in [-0.39, 0.29) is 12.2 Å². The van der Waals surface area contributed by atoms with Crippen molar-refractivity contribution in [1.82, 2.24) is 9.78 Å². The Bertz CT molecular complexity index is 1100. The van der Waals surface area contributed by atoms with Crippen molar-refractivity contribution in [2.75, 3.05) is 24.3 Å². The summed E-state index contributed by atoms with van der Waals surface area (Å²) in [5.41, 5.74) is 6.11. The number of benzene rings is 1. The van der Waals surface area contributed by atoms with Crippen LogP contribution in [0, 0.1) is 6.92 Å². The number of aryl methyl sites for hydroxylation is 1. The topological polar surface area (TPSA) is 122 Å². The quantitative estimate of drug-likeness (QED) is 0.705. The number of hydrogen-bond donors (Lipinski definition) is 2. The molecule has 3 heterocycles. The summed E-state index contributed by atoms with van der Waals surface area (Å²) in [5.74, 6) is 1.91. The van der Waals surface area contributed by atoms with Crippen molar-refractivity contribution in [3.05, 3.63) is 52.5 Å². The first kappa shape index (κ1) is 17.7. The van der Waals surface area contributed by atoms with Gasteiger partial charge in [-0.05, 0) is 37.3 Å². The Labute approximate surface area is 159 Å². The predicted octanol–water partition coefficient (Wildman–Crippen LogP) is 1.80. The molecule has 9 nitrogen and oxygen atoms in total. The van der Waals surface area contributed by atoms with Gasteiger partial charge in [0.25, 0.3) is 5.56 Å². The number of nitrogens with one attached hydrogen (secondary N) is 1. The van der Waals surface area contributed by atoms with Crippen LogP contribution in [0.25, 0.3) is 11.5 Å². The van der Waals surface area contributed by atoms with Crippen LogP contribution in [-0.4, -0.2) is 28.9 Å². The minimum Gasteiger partial charge on any atom is -0.486 e. The predicted molar refractivity (Wildman–Crippen MR) is 101 cm³/mol. The Morgan fingerprint density at radius 2 is 1.96 bits per heavy atom. The monoisotopic (exact) mass is 382 g/mol. The SMILES string of the molecule is Cc1ccc(-c2cc(N)c(=O)n(CC(=O)Nc3ccc4c(c3)OCCO4)n2)o1. The summed E-state index contributed by atoms with van der Waals surface area (Å²) < 4.78 is 17.5. The lowest BCUT2D eigenvalue weighted by molar-refractivity contribution is -0.117. The van der Waals surface area contributed by atoms with E-state index in [0.717, 1.165) is 4.68 Å². The maximum absolute atomic E-state index is 12.4. The molecule has 0 saturated carbocycles. The van der Waals surface area contributed by atoms with Gasteiger partial charge in [-0.15, -0.1) is 0 Å². The van der Waals surface area contributed by atoms with Crippen molar-refractivity contribution in [1.29, 1.82) is 0 Å². The van der Waals surface area contributed by atoms with Crippen molar-refractivity contribution in [3.63, 3.8) is 0 Å². The highest BCUT2D eigenvalue weighted by atomic mass is 16.6. The van der Waals surface area contributed by atoms with Gasteiger partial charge in [-0.1, -0.05) is 0 Å². The fourth-order valence-corrected chi connectivity index (χ4v) is 2.82. The lowest BCUT2D eigenvalue weighted by Crippen LogP contribution is -2.31. The third kappa shape index (κ3) is 3.54. The summed E-state index contributed by atoms with van der Waals surface area (Å²) in [6.07, 6.45) is 0. The van der Waals surface area contributed by atoms with Crippen molar-refractivity contribution in [2.45, 2.75) is 13.5 Å². The molecule has 0 saturated heterocycles. The molecule has 4 rings (SSSR count). The van der Waals surface area contributed by atoms with Crippen molar-refractivity contribution >= 4 is 17.3 Å². The number of nitrogen functional groups attached to an aromatic ring is 1. The summed E-state index contributed by atoms with van der Waals surface area (Å²) in [5, 5.41) is 6.91. The van der Waals surface area contributed by atoms with Gasteiger partial charge in [0.1, 0.15) is 36.9 Å². The van der Waals surface area contributed by atoms with Crippen LogP contribution in [0.5, 0.6) is 11.5 Å². The van der Waals surface area contributed by atoms with E-state index in [0.29, 0.717) is 47.6 Å². The van der Waals surface area contributed by atoms with Gasteiger partial charge in [-0.2, -0.15) is 5.10 Å². The first-order valence-corrected chi connectivity index (χ1v) is 8.63. The summed E-state index contributed by atoms with van der Waals surface area (Å²) >= 11 is 0. The lowest BCUT2D eigenvalue weighted by atomic mass is 10.2. The minimum absolute atomic E-state index is 0.0221. The van der Waals surface area contributed by atoms with E-state index < -0.39 is 11.5 Å². The van der Waals surface area contributed by atoms with Gasteiger partial charge in [0.2, 0.25) is 5.91 Å². The first-order valence-electron chi connectivity index (χ1n) is 8.63. The zero-order chi connectivity index (χ0) is 19.7. The van der Waals surface area contributed by atoms with E-state index in [9.17, 15) is 9.59 Å². The van der Waals surface area contributed by atoms with Crippen LogP contribution in [-0.2, 0) is 11.3 Å². The molecular weight excluding hydrogens is 364 g/mol. The fraction of sp³-hybridized carbons (Fsp3) is 0.211. The van der Waals surface area contributed by atoms with Gasteiger partial charge < -0.3 is 24.9 Å². The maximum Gasteiger partial charge on any atom is 0.290 e. The van der Waals surface area contributed by atoms with Crippen LogP contribution >= 0.6 is 0 Å². The van der Waals surface area contributed by atoms with E-state index in [1.807, 2.05) is 0 Å². The van der Waals surface area contributed by atoms with Gasteiger partial charge in [-0.25, -0.2) is 4.68 Å². The fourth-order valence-electron chi connectivity index (χ4n) is 2.82. The number of aromatic nitrogens is 2. The Hall–Kier alpha value is -3.75. The van der Waals surface area contributed by atoms with E-state index in [2.05, 4.69) is 10.4 Å². The molecule has 1 aliphatic heterocycles. The average molecular weight is 382 g/mol. The maximum atomic E-state index is 12.4. The standard InChI is InChI=1S/C19H18N4O5/c1-11-2-4-15(28-11)14-9-13(20)19(25)23(22-14)10-18(24)21-12-3-5-16-17(8-12)27-7-6-26-16/h2-5,8-9H,6-7,10,20H2,1H3,(H,21,24). The van der Waals surface area contributed by atoms with Crippen LogP contribution in [0.1, 0.15) is 5.76 Å². The lowest BCUT2D eigenvalue weighted by Gasteiger charge is -2.19. The number of anilines is 2. The second kappa shape index (κ2) is 7.10. The molecular formula is C19H18N4O5. The number of rotatable bonds is 4. The molecule has 0 atom stereocenters. The van der Waals surface area contributed by atoms with E-state index in [1.165, 1.54) is 6.07 Å². The molecule has 0 unspecified atom stereocenters. The Morgan fingerprint density at radius 3 is 2.71 bits per heavy atom. The Kier molecular flexibility index (Phi) is 4.48. The molecule has 2 aromatic heterocycles. The second-order valence-electron chi connectivity index (χ2n) is 6.26. The normalized spacial score (nSPS) is 12.6. The number of carbonyl (C=O) groups is 1. The number of fused-ring (bicyclic) bond motifs is 1. The zero-order valence-corrected chi connectivity index (χ0v) is 15.1. The van der Waals surface area contributed by atoms with Crippen molar-refractivity contribution in [3.8, 4) is 23.0 Å². The molecule has 0 aliphatic carbocycles. The molecule has 0 bridgehead atoms. The number of carbonyl (C=O) groups excluding carboxylic acids is 1. The Morgan fingerprint density at radius 1 is 1.18 bits per heavy atom. The highest BCUT2D eigenvalue weighted by Crippen LogP contribution is 2.32. The van der Waals surface area contributed by atoms with Gasteiger partial charge in [-0.3, -0.25) is 9.59 Å². The molecule has 3 N–H and O–H groups in total. The summed E-state index contributed by atoms with van der Waals surface area (Å²) in [6.45, 7) is 2.43. The van der Waals surface area contributed by atoms with Crippen LogP contribution in [0.15, 0.2) is 45.6 Å². The average Bonchev–Trinajstić information content (AvgIpc) is 3.11. The number of nitrogens with zero attached hydrogens (tertiary/aromatic N) is 2. The van der Waals surface area contributed by atoms with Gasteiger partial charge in [0.15, 0.2) is 17.3 Å². The number of amides is 1. The molecule has 0 spiro atoms. The summed E-state index contributed by atoms with van der Waals surface area (Å²) in [7, 11) is 0. The van der Waals surface area contributed by atoms with Gasteiger partial charge in [0.05, 0.1) is 0 Å². The minimum atomic E-state index is -0.552. The largest absolute Gasteiger partial charge is 0.486 e. The van der Waals surface area contributed by atoms with E-state index in [4.69, 9.17) is 19.6 Å². The third-order valence-electron chi connectivity index (χ3n) is 4.11. The third-order valence-corrected chi connectivity index (χ3v) is 4.11. The first-order chi connectivity index (χ1) is 13.5. The number of ether oxygens (including phenoxy) is 2. The van der Waals surface area contributed by atoms with E-state index in [1.54, 1.807) is 37.3 Å². The Balaban J connectivity index is 1.54.